The maximum atomic E-state index is 5.18. The summed E-state index contributed by atoms with van der Waals surface area (Å²) in [5, 5.41) is 0. The molecule has 1 saturated heterocycles. The summed E-state index contributed by atoms with van der Waals surface area (Å²) in [6.45, 7) is 1.69. The Labute approximate surface area is 128 Å². The summed E-state index contributed by atoms with van der Waals surface area (Å²) in [5.41, 5.74) is 0. The summed E-state index contributed by atoms with van der Waals surface area (Å²) in [6.07, 6.45) is 5.13. The SMILES string of the molecule is COc1cc(OC)nc(N(C)C2CN(c3cnccn3)C2)n1. The molecule has 0 atom stereocenters. The highest BCUT2D eigenvalue weighted by molar-refractivity contribution is 5.45. The van der Waals surface area contributed by atoms with Gasteiger partial charge in [-0.3, -0.25) is 4.98 Å². The van der Waals surface area contributed by atoms with Gasteiger partial charge in [0.05, 0.1) is 32.5 Å². The predicted molar refractivity (Wildman–Crippen MR) is 81.6 cm³/mol. The topological polar surface area (TPSA) is 76.5 Å². The van der Waals surface area contributed by atoms with E-state index < -0.39 is 0 Å². The molecule has 0 radical (unpaired) electrons. The first-order valence-electron chi connectivity index (χ1n) is 6.92. The lowest BCUT2D eigenvalue weighted by Gasteiger charge is -2.44. The molecule has 3 rings (SSSR count). The molecule has 116 valence electrons. The van der Waals surface area contributed by atoms with E-state index in [1.807, 2.05) is 11.9 Å². The number of rotatable bonds is 5. The second kappa shape index (κ2) is 6.00. The fourth-order valence-corrected chi connectivity index (χ4v) is 2.26. The van der Waals surface area contributed by atoms with Crippen LogP contribution >= 0.6 is 0 Å². The standard InChI is InChI=1S/C14H18N6O2/c1-19(14-17-12(21-2)6-13(18-14)22-3)10-8-20(9-10)11-7-15-4-5-16-11/h4-7,10H,8-9H2,1-3H3. The van der Waals surface area contributed by atoms with E-state index >= 15 is 0 Å². The van der Waals surface area contributed by atoms with Crippen LogP contribution in [0.1, 0.15) is 0 Å². The maximum absolute atomic E-state index is 5.18. The Balaban J connectivity index is 1.69. The number of hydrogen-bond donors (Lipinski definition) is 0. The second-order valence-electron chi connectivity index (χ2n) is 4.99. The largest absolute Gasteiger partial charge is 0.481 e. The minimum atomic E-state index is 0.304. The third-order valence-corrected chi connectivity index (χ3v) is 3.68. The van der Waals surface area contributed by atoms with E-state index in [4.69, 9.17) is 9.47 Å². The molecule has 0 amide bonds. The Morgan fingerprint density at radius 1 is 1.14 bits per heavy atom. The van der Waals surface area contributed by atoms with Gasteiger partial charge in [0, 0.05) is 32.5 Å². The first-order chi connectivity index (χ1) is 10.7. The van der Waals surface area contributed by atoms with Gasteiger partial charge in [-0.2, -0.15) is 9.97 Å². The minimum Gasteiger partial charge on any atom is -0.481 e. The van der Waals surface area contributed by atoms with E-state index in [9.17, 15) is 0 Å². The number of likely N-dealkylation sites (N-methyl/N-ethyl adjacent to an activating group) is 1. The van der Waals surface area contributed by atoms with Crippen LogP contribution in [0.25, 0.3) is 0 Å². The number of nitrogens with zero attached hydrogens (tertiary/aromatic N) is 6. The zero-order valence-electron chi connectivity index (χ0n) is 12.8. The van der Waals surface area contributed by atoms with Crippen LogP contribution in [-0.2, 0) is 0 Å². The molecule has 0 N–H and O–H groups in total. The summed E-state index contributed by atoms with van der Waals surface area (Å²) < 4.78 is 10.4. The lowest BCUT2D eigenvalue weighted by molar-refractivity contribution is 0.370. The number of hydrogen-bond acceptors (Lipinski definition) is 8. The van der Waals surface area contributed by atoms with Crippen LogP contribution in [0, 0.1) is 0 Å². The number of methoxy groups -OCH3 is 2. The van der Waals surface area contributed by atoms with Crippen molar-refractivity contribution < 1.29 is 9.47 Å². The Kier molecular flexibility index (Phi) is 3.90. The summed E-state index contributed by atoms with van der Waals surface area (Å²) in [4.78, 5) is 21.3. The monoisotopic (exact) mass is 302 g/mol. The first kappa shape index (κ1) is 14.3. The highest BCUT2D eigenvalue weighted by Gasteiger charge is 2.32. The van der Waals surface area contributed by atoms with E-state index in [2.05, 4.69) is 24.8 Å². The molecule has 3 heterocycles. The molecular weight excluding hydrogens is 284 g/mol. The van der Waals surface area contributed by atoms with E-state index in [1.54, 1.807) is 38.9 Å². The van der Waals surface area contributed by atoms with Crippen molar-refractivity contribution in [3.63, 3.8) is 0 Å². The number of anilines is 2. The van der Waals surface area contributed by atoms with Gasteiger partial charge < -0.3 is 19.3 Å². The van der Waals surface area contributed by atoms with Gasteiger partial charge in [0.15, 0.2) is 0 Å². The average molecular weight is 302 g/mol. The molecule has 0 unspecified atom stereocenters. The molecule has 1 fully saturated rings. The molecule has 2 aromatic heterocycles. The average Bonchev–Trinajstić information content (AvgIpc) is 2.53. The van der Waals surface area contributed by atoms with Crippen LogP contribution in [0.15, 0.2) is 24.7 Å². The van der Waals surface area contributed by atoms with E-state index in [1.165, 1.54) is 0 Å². The maximum Gasteiger partial charge on any atom is 0.232 e. The highest BCUT2D eigenvalue weighted by atomic mass is 16.5. The van der Waals surface area contributed by atoms with Gasteiger partial charge in [-0.15, -0.1) is 0 Å². The van der Waals surface area contributed by atoms with Gasteiger partial charge in [-0.05, 0) is 0 Å². The third kappa shape index (κ3) is 2.72. The molecule has 0 aliphatic carbocycles. The van der Waals surface area contributed by atoms with Crippen LogP contribution < -0.4 is 19.3 Å². The van der Waals surface area contributed by atoms with Gasteiger partial charge in [0.1, 0.15) is 5.82 Å². The second-order valence-corrected chi connectivity index (χ2v) is 4.99. The Morgan fingerprint density at radius 3 is 2.36 bits per heavy atom. The van der Waals surface area contributed by atoms with E-state index in [0.29, 0.717) is 23.8 Å². The molecule has 8 nitrogen and oxygen atoms in total. The summed E-state index contributed by atoms with van der Waals surface area (Å²) >= 11 is 0. The summed E-state index contributed by atoms with van der Waals surface area (Å²) in [7, 11) is 5.11. The molecule has 0 spiro atoms. The Bertz CT molecular complexity index is 610. The number of ether oxygens (including phenoxy) is 2. The van der Waals surface area contributed by atoms with E-state index in [-0.39, 0.29) is 0 Å². The van der Waals surface area contributed by atoms with Crippen molar-refractivity contribution in [2.24, 2.45) is 0 Å². The van der Waals surface area contributed by atoms with Crippen LogP contribution in [0.3, 0.4) is 0 Å². The number of aromatic nitrogens is 4. The molecular formula is C14H18N6O2. The Hall–Kier alpha value is -2.64. The normalized spacial score (nSPS) is 14.4. The van der Waals surface area contributed by atoms with Gasteiger partial charge in [0.2, 0.25) is 17.7 Å². The highest BCUT2D eigenvalue weighted by Crippen LogP contribution is 2.25. The molecule has 0 bridgehead atoms. The lowest BCUT2D eigenvalue weighted by atomic mass is 10.1. The van der Waals surface area contributed by atoms with Crippen molar-refractivity contribution in [2.45, 2.75) is 6.04 Å². The summed E-state index contributed by atoms with van der Waals surface area (Å²) in [6, 6.07) is 1.96. The van der Waals surface area contributed by atoms with Gasteiger partial charge in [0.25, 0.3) is 0 Å². The smallest absolute Gasteiger partial charge is 0.232 e. The fourth-order valence-electron chi connectivity index (χ4n) is 2.26. The van der Waals surface area contributed by atoms with Crippen LogP contribution in [0.2, 0.25) is 0 Å². The van der Waals surface area contributed by atoms with Crippen LogP contribution in [0.5, 0.6) is 11.8 Å². The predicted octanol–water partition coefficient (Wildman–Crippen LogP) is 0.609. The van der Waals surface area contributed by atoms with Gasteiger partial charge >= 0.3 is 0 Å². The third-order valence-electron chi connectivity index (χ3n) is 3.68. The molecule has 0 aromatic carbocycles. The lowest BCUT2D eigenvalue weighted by Crippen LogP contribution is -2.59. The zero-order valence-corrected chi connectivity index (χ0v) is 12.8. The van der Waals surface area contributed by atoms with Crippen molar-refractivity contribution in [3.8, 4) is 11.8 Å². The van der Waals surface area contributed by atoms with Crippen molar-refractivity contribution in [3.05, 3.63) is 24.7 Å². The molecule has 1 aliphatic rings. The van der Waals surface area contributed by atoms with E-state index in [0.717, 1.165) is 18.9 Å². The van der Waals surface area contributed by atoms with Crippen molar-refractivity contribution >= 4 is 11.8 Å². The molecule has 0 saturated carbocycles. The molecule has 22 heavy (non-hydrogen) atoms. The van der Waals surface area contributed by atoms with Gasteiger partial charge in [-0.25, -0.2) is 4.98 Å². The van der Waals surface area contributed by atoms with Crippen molar-refractivity contribution in [1.29, 1.82) is 0 Å². The molecule has 8 heteroatoms. The minimum absolute atomic E-state index is 0.304. The zero-order chi connectivity index (χ0) is 15.5. The first-order valence-corrected chi connectivity index (χ1v) is 6.92. The van der Waals surface area contributed by atoms with Crippen LogP contribution in [0.4, 0.5) is 11.8 Å². The molecule has 2 aromatic rings. The van der Waals surface area contributed by atoms with Gasteiger partial charge in [-0.1, -0.05) is 0 Å². The van der Waals surface area contributed by atoms with Crippen molar-refractivity contribution in [2.75, 3.05) is 44.2 Å². The quantitative estimate of drug-likeness (QED) is 0.795. The van der Waals surface area contributed by atoms with Crippen LogP contribution in [-0.4, -0.2) is 60.3 Å². The molecule has 1 aliphatic heterocycles. The fraction of sp³-hybridized carbons (Fsp3) is 0.429. The van der Waals surface area contributed by atoms with Crippen molar-refractivity contribution in [1.82, 2.24) is 19.9 Å². The summed E-state index contributed by atoms with van der Waals surface area (Å²) in [5.74, 6) is 2.44. The Morgan fingerprint density at radius 2 is 1.82 bits per heavy atom.